The molecule has 0 bridgehead atoms. The molecule has 1 aromatic heterocycles. The van der Waals surface area contributed by atoms with Crippen LogP contribution in [-0.4, -0.2) is 58.8 Å². The zero-order valence-electron chi connectivity index (χ0n) is 9.69. The highest BCUT2D eigenvalue weighted by molar-refractivity contribution is 6.99. The molecule has 2 rings (SSSR count). The van der Waals surface area contributed by atoms with E-state index < -0.39 is 0 Å². The van der Waals surface area contributed by atoms with Gasteiger partial charge in [0.25, 0.3) is 5.91 Å². The fourth-order valence-corrected chi connectivity index (χ4v) is 2.21. The van der Waals surface area contributed by atoms with Crippen molar-refractivity contribution in [2.75, 3.05) is 39.3 Å². The van der Waals surface area contributed by atoms with Crippen molar-refractivity contribution in [1.82, 2.24) is 24.3 Å². The largest absolute Gasteiger partial charge is 0.351 e. The van der Waals surface area contributed by atoms with Gasteiger partial charge >= 0.3 is 0 Å². The molecule has 2 N–H and O–H groups in total. The summed E-state index contributed by atoms with van der Waals surface area (Å²) in [4.78, 5) is 13.9. The van der Waals surface area contributed by atoms with Gasteiger partial charge in [0.05, 0.1) is 17.9 Å². The average molecular weight is 255 g/mol. The molecule has 94 valence electrons. The second-order valence-corrected chi connectivity index (χ2v) is 4.55. The first-order valence-electron chi connectivity index (χ1n) is 5.85. The van der Waals surface area contributed by atoms with Crippen molar-refractivity contribution in [3.8, 4) is 0 Å². The van der Waals surface area contributed by atoms with Crippen molar-refractivity contribution in [2.24, 2.45) is 0 Å². The Balaban J connectivity index is 1.58. The van der Waals surface area contributed by atoms with E-state index >= 15 is 0 Å². The van der Waals surface area contributed by atoms with Crippen LogP contribution in [0.3, 0.4) is 0 Å². The first kappa shape index (κ1) is 12.4. The minimum Gasteiger partial charge on any atom is -0.351 e. The van der Waals surface area contributed by atoms with Crippen molar-refractivity contribution < 1.29 is 4.79 Å². The Morgan fingerprint density at radius 2 is 2.35 bits per heavy atom. The smallest absolute Gasteiger partial charge is 0.272 e. The monoisotopic (exact) mass is 255 g/mol. The standard InChI is InChI=1S/C10H17N5OS/c16-10(9-8-13-17-14-9)12-2-1-5-15-6-3-11-4-7-15/h8,11H,1-7H2,(H,12,16). The summed E-state index contributed by atoms with van der Waals surface area (Å²) < 4.78 is 7.68. The van der Waals surface area contributed by atoms with Gasteiger partial charge in [0.2, 0.25) is 0 Å². The van der Waals surface area contributed by atoms with Crippen molar-refractivity contribution in [1.29, 1.82) is 0 Å². The van der Waals surface area contributed by atoms with Crippen LogP contribution in [0.25, 0.3) is 0 Å². The van der Waals surface area contributed by atoms with Crippen LogP contribution in [0.15, 0.2) is 6.20 Å². The lowest BCUT2D eigenvalue weighted by Gasteiger charge is -2.26. The number of piperazine rings is 1. The molecule has 0 unspecified atom stereocenters. The summed E-state index contributed by atoms with van der Waals surface area (Å²) in [7, 11) is 0. The lowest BCUT2D eigenvalue weighted by atomic mass is 10.3. The van der Waals surface area contributed by atoms with Crippen LogP contribution in [0.2, 0.25) is 0 Å². The summed E-state index contributed by atoms with van der Waals surface area (Å²) >= 11 is 1.05. The van der Waals surface area contributed by atoms with Gasteiger partial charge in [0, 0.05) is 32.7 Å². The molecule has 1 aliphatic heterocycles. The summed E-state index contributed by atoms with van der Waals surface area (Å²) in [5.41, 5.74) is 0.414. The van der Waals surface area contributed by atoms with Gasteiger partial charge in [-0.05, 0) is 13.0 Å². The predicted octanol–water partition coefficient (Wildman–Crippen LogP) is -0.437. The Morgan fingerprint density at radius 3 is 3.06 bits per heavy atom. The van der Waals surface area contributed by atoms with Gasteiger partial charge in [0.15, 0.2) is 5.69 Å². The van der Waals surface area contributed by atoms with Gasteiger partial charge in [-0.15, -0.1) is 0 Å². The van der Waals surface area contributed by atoms with Crippen LogP contribution in [0, 0.1) is 0 Å². The van der Waals surface area contributed by atoms with Gasteiger partial charge in [-0.2, -0.15) is 8.75 Å². The minimum absolute atomic E-state index is 0.126. The second-order valence-electron chi connectivity index (χ2n) is 3.99. The van der Waals surface area contributed by atoms with E-state index in [1.165, 1.54) is 6.20 Å². The van der Waals surface area contributed by atoms with E-state index in [-0.39, 0.29) is 5.91 Å². The molecule has 0 aromatic carbocycles. The molecule has 1 saturated heterocycles. The fraction of sp³-hybridized carbons (Fsp3) is 0.700. The third-order valence-corrected chi connectivity index (χ3v) is 3.22. The van der Waals surface area contributed by atoms with E-state index in [0.29, 0.717) is 12.2 Å². The van der Waals surface area contributed by atoms with Crippen molar-refractivity contribution in [3.63, 3.8) is 0 Å². The van der Waals surface area contributed by atoms with E-state index in [1.54, 1.807) is 0 Å². The number of carbonyl (C=O) groups excluding carboxylic acids is 1. The lowest BCUT2D eigenvalue weighted by Crippen LogP contribution is -2.44. The molecular weight excluding hydrogens is 238 g/mol. The van der Waals surface area contributed by atoms with Crippen LogP contribution in [0.5, 0.6) is 0 Å². The summed E-state index contributed by atoms with van der Waals surface area (Å²) in [6, 6.07) is 0. The molecule has 1 aromatic rings. The highest BCUT2D eigenvalue weighted by atomic mass is 32.1. The molecule has 1 amide bonds. The molecule has 0 spiro atoms. The summed E-state index contributed by atoms with van der Waals surface area (Å²) in [5, 5.41) is 6.16. The minimum atomic E-state index is -0.126. The first-order valence-corrected chi connectivity index (χ1v) is 6.58. The third-order valence-electron chi connectivity index (χ3n) is 2.74. The number of hydrogen-bond donors (Lipinski definition) is 2. The Kier molecular flexibility index (Phi) is 4.84. The Hall–Kier alpha value is -1.05. The molecule has 7 heteroatoms. The highest BCUT2D eigenvalue weighted by Gasteiger charge is 2.10. The molecule has 1 aliphatic rings. The maximum atomic E-state index is 11.5. The average Bonchev–Trinajstić information content (AvgIpc) is 2.89. The number of carbonyl (C=O) groups is 1. The van der Waals surface area contributed by atoms with Crippen molar-refractivity contribution in [3.05, 3.63) is 11.9 Å². The number of rotatable bonds is 5. The number of nitrogens with one attached hydrogen (secondary N) is 2. The number of aromatic nitrogens is 2. The second kappa shape index (κ2) is 6.63. The molecular formula is C10H17N5OS. The Morgan fingerprint density at radius 1 is 1.53 bits per heavy atom. The van der Waals surface area contributed by atoms with Crippen molar-refractivity contribution in [2.45, 2.75) is 6.42 Å². The van der Waals surface area contributed by atoms with Gasteiger partial charge in [-0.3, -0.25) is 4.79 Å². The quantitative estimate of drug-likeness (QED) is 0.698. The van der Waals surface area contributed by atoms with Crippen molar-refractivity contribution >= 4 is 17.6 Å². The topological polar surface area (TPSA) is 70.2 Å². The zero-order valence-corrected chi connectivity index (χ0v) is 10.5. The lowest BCUT2D eigenvalue weighted by molar-refractivity contribution is 0.0947. The van der Waals surface area contributed by atoms with E-state index in [4.69, 9.17) is 0 Å². The van der Waals surface area contributed by atoms with E-state index in [1.807, 2.05) is 0 Å². The SMILES string of the molecule is O=C(NCCCN1CCNCC1)c1cnsn1. The first-order chi connectivity index (χ1) is 8.36. The zero-order chi connectivity index (χ0) is 11.9. The highest BCUT2D eigenvalue weighted by Crippen LogP contribution is 1.96. The molecule has 17 heavy (non-hydrogen) atoms. The summed E-state index contributed by atoms with van der Waals surface area (Å²) in [6.07, 6.45) is 2.47. The molecule has 1 fully saturated rings. The molecule has 0 radical (unpaired) electrons. The third kappa shape index (κ3) is 4.03. The molecule has 2 heterocycles. The maximum absolute atomic E-state index is 11.5. The van der Waals surface area contributed by atoms with Gasteiger partial charge in [-0.1, -0.05) is 0 Å². The van der Waals surface area contributed by atoms with E-state index in [0.717, 1.165) is 50.9 Å². The fourth-order valence-electron chi connectivity index (χ4n) is 1.79. The normalized spacial score (nSPS) is 16.9. The Labute approximate surface area is 105 Å². The summed E-state index contributed by atoms with van der Waals surface area (Å²) in [5.74, 6) is -0.126. The van der Waals surface area contributed by atoms with E-state index in [2.05, 4.69) is 24.3 Å². The van der Waals surface area contributed by atoms with Gasteiger partial charge in [0.1, 0.15) is 0 Å². The molecule has 0 atom stereocenters. The number of nitrogens with zero attached hydrogens (tertiary/aromatic N) is 3. The van der Waals surface area contributed by atoms with Crippen LogP contribution in [0.1, 0.15) is 16.9 Å². The molecule has 0 saturated carbocycles. The van der Waals surface area contributed by atoms with Crippen LogP contribution in [0.4, 0.5) is 0 Å². The summed E-state index contributed by atoms with van der Waals surface area (Å²) in [6.45, 7) is 6.07. The molecule has 6 nitrogen and oxygen atoms in total. The maximum Gasteiger partial charge on any atom is 0.272 e. The predicted molar refractivity (Wildman–Crippen MR) is 66.2 cm³/mol. The van der Waals surface area contributed by atoms with Crippen LogP contribution in [-0.2, 0) is 0 Å². The number of amides is 1. The Bertz CT molecular complexity index is 336. The van der Waals surface area contributed by atoms with Gasteiger partial charge in [-0.25, -0.2) is 0 Å². The van der Waals surface area contributed by atoms with E-state index in [9.17, 15) is 4.79 Å². The van der Waals surface area contributed by atoms with Gasteiger partial charge < -0.3 is 15.5 Å². The van der Waals surface area contributed by atoms with Crippen LogP contribution < -0.4 is 10.6 Å². The number of hydrogen-bond acceptors (Lipinski definition) is 6. The van der Waals surface area contributed by atoms with Crippen LogP contribution >= 0.6 is 11.7 Å². The molecule has 0 aliphatic carbocycles.